The molecule has 1 aliphatic rings. The van der Waals surface area contributed by atoms with Gasteiger partial charge in [0, 0.05) is 36.5 Å². The third-order valence-electron chi connectivity index (χ3n) is 3.95. The van der Waals surface area contributed by atoms with Crippen molar-refractivity contribution in [1.29, 1.82) is 0 Å². The van der Waals surface area contributed by atoms with Crippen LogP contribution < -0.4 is 4.90 Å². The molecular weight excluding hydrogens is 252 g/mol. The Morgan fingerprint density at radius 2 is 2.25 bits per heavy atom. The molecule has 0 spiro atoms. The Morgan fingerprint density at radius 1 is 1.40 bits per heavy atom. The summed E-state index contributed by atoms with van der Waals surface area (Å²) in [6.45, 7) is 3.79. The summed E-state index contributed by atoms with van der Waals surface area (Å²) in [5.74, 6) is 0.261. The second-order valence-electron chi connectivity index (χ2n) is 5.43. The van der Waals surface area contributed by atoms with Gasteiger partial charge in [-0.15, -0.1) is 0 Å². The number of aromatic nitrogens is 1. The predicted molar refractivity (Wildman–Crippen MR) is 80.4 cm³/mol. The fourth-order valence-corrected chi connectivity index (χ4v) is 3.08. The number of hydrogen-bond acceptors (Lipinski definition) is 4. The zero-order chi connectivity index (χ0) is 14.1. The molecule has 0 amide bonds. The van der Waals surface area contributed by atoms with Crippen LogP contribution >= 0.6 is 0 Å². The van der Waals surface area contributed by atoms with Crippen molar-refractivity contribution in [3.63, 3.8) is 0 Å². The molecule has 0 bridgehead atoms. The highest BCUT2D eigenvalue weighted by Crippen LogP contribution is 2.33. The fraction of sp³-hybridized carbons (Fsp3) is 0.438. The number of methoxy groups -OCH3 is 1. The molecule has 1 unspecified atom stereocenters. The van der Waals surface area contributed by atoms with Crippen molar-refractivity contribution < 1.29 is 9.84 Å². The summed E-state index contributed by atoms with van der Waals surface area (Å²) >= 11 is 0. The normalized spacial score (nSPS) is 18.9. The van der Waals surface area contributed by atoms with Gasteiger partial charge in [0.05, 0.1) is 18.2 Å². The number of pyridine rings is 1. The lowest BCUT2D eigenvalue weighted by Crippen LogP contribution is -2.33. The minimum Gasteiger partial charge on any atom is -0.508 e. The Labute approximate surface area is 119 Å². The molecule has 4 nitrogen and oxygen atoms in total. The summed E-state index contributed by atoms with van der Waals surface area (Å²) in [6.07, 6.45) is 2.35. The first-order valence-electron chi connectivity index (χ1n) is 7.05. The number of benzene rings is 1. The van der Waals surface area contributed by atoms with Gasteiger partial charge in [-0.1, -0.05) is 0 Å². The summed E-state index contributed by atoms with van der Waals surface area (Å²) < 4.78 is 5.34. The van der Waals surface area contributed by atoms with E-state index in [2.05, 4.69) is 16.0 Å². The van der Waals surface area contributed by atoms with Crippen LogP contribution in [0.1, 0.15) is 18.5 Å². The molecule has 4 heteroatoms. The molecule has 1 N–H and O–H groups in total. The zero-order valence-corrected chi connectivity index (χ0v) is 12.0. The van der Waals surface area contributed by atoms with Gasteiger partial charge in [-0.25, -0.2) is 0 Å². The van der Waals surface area contributed by atoms with Gasteiger partial charge in [0.15, 0.2) is 0 Å². The topological polar surface area (TPSA) is 45.6 Å². The molecule has 20 heavy (non-hydrogen) atoms. The minimum absolute atomic E-state index is 0.261. The molecule has 0 radical (unpaired) electrons. The van der Waals surface area contributed by atoms with E-state index in [1.807, 2.05) is 13.0 Å². The van der Waals surface area contributed by atoms with Gasteiger partial charge in [0.1, 0.15) is 5.75 Å². The van der Waals surface area contributed by atoms with E-state index in [0.717, 1.165) is 36.2 Å². The minimum atomic E-state index is 0.261. The number of phenolic OH excluding ortho intramolecular Hbond substituents is 1. The van der Waals surface area contributed by atoms with Gasteiger partial charge in [0.25, 0.3) is 0 Å². The van der Waals surface area contributed by atoms with E-state index in [0.29, 0.717) is 6.04 Å². The lowest BCUT2D eigenvalue weighted by molar-refractivity contribution is 0.181. The highest BCUT2D eigenvalue weighted by Gasteiger charge is 2.26. The maximum Gasteiger partial charge on any atom is 0.117 e. The van der Waals surface area contributed by atoms with E-state index >= 15 is 0 Å². The number of hydrogen-bond donors (Lipinski definition) is 1. The van der Waals surface area contributed by atoms with Crippen molar-refractivity contribution in [2.24, 2.45) is 0 Å². The van der Waals surface area contributed by atoms with Gasteiger partial charge in [-0.2, -0.15) is 0 Å². The number of phenols is 1. The van der Waals surface area contributed by atoms with Crippen LogP contribution in [0, 0.1) is 6.92 Å². The van der Waals surface area contributed by atoms with Gasteiger partial charge in [0.2, 0.25) is 0 Å². The second-order valence-corrected chi connectivity index (χ2v) is 5.43. The highest BCUT2D eigenvalue weighted by molar-refractivity contribution is 5.93. The summed E-state index contributed by atoms with van der Waals surface area (Å²) in [4.78, 5) is 6.94. The first kappa shape index (κ1) is 13.2. The van der Waals surface area contributed by atoms with Crippen molar-refractivity contribution in [1.82, 2.24) is 4.98 Å². The maximum atomic E-state index is 9.64. The Morgan fingerprint density at radius 3 is 3.05 bits per heavy atom. The molecule has 1 fully saturated rings. The number of aryl methyl sites for hydroxylation is 1. The fourth-order valence-electron chi connectivity index (χ4n) is 3.08. The van der Waals surface area contributed by atoms with Crippen LogP contribution in [0.25, 0.3) is 10.9 Å². The van der Waals surface area contributed by atoms with Crippen molar-refractivity contribution in [3.05, 3.63) is 30.0 Å². The van der Waals surface area contributed by atoms with Gasteiger partial charge in [-0.3, -0.25) is 4.98 Å². The molecule has 1 aromatic heterocycles. The molecule has 1 aromatic carbocycles. The van der Waals surface area contributed by atoms with Crippen molar-refractivity contribution >= 4 is 16.6 Å². The second kappa shape index (κ2) is 5.29. The Hall–Kier alpha value is -1.81. The van der Waals surface area contributed by atoms with Crippen LogP contribution in [0.4, 0.5) is 5.69 Å². The number of ether oxygens (including phenoxy) is 1. The largest absolute Gasteiger partial charge is 0.508 e. The SMILES string of the molecule is COCC1CCCN1c1cc(C)nc2cc(O)ccc12. The van der Waals surface area contributed by atoms with Crippen LogP contribution in [0.3, 0.4) is 0 Å². The van der Waals surface area contributed by atoms with E-state index in [1.165, 1.54) is 12.1 Å². The highest BCUT2D eigenvalue weighted by atomic mass is 16.5. The number of nitrogens with zero attached hydrogens (tertiary/aromatic N) is 2. The zero-order valence-electron chi connectivity index (χ0n) is 12.0. The quantitative estimate of drug-likeness (QED) is 0.933. The standard InChI is InChI=1S/C16H20N2O2/c1-11-8-16(18-7-3-4-12(18)10-20-2)14-6-5-13(19)9-15(14)17-11/h5-6,8-9,12,19H,3-4,7,10H2,1-2H3. The van der Waals surface area contributed by atoms with E-state index in [1.54, 1.807) is 19.2 Å². The van der Waals surface area contributed by atoms with Crippen molar-refractivity contribution in [3.8, 4) is 5.75 Å². The monoisotopic (exact) mass is 272 g/mol. The average Bonchev–Trinajstić information content (AvgIpc) is 2.85. The Bertz CT molecular complexity index is 622. The predicted octanol–water partition coefficient (Wildman–Crippen LogP) is 2.86. The van der Waals surface area contributed by atoms with E-state index in [9.17, 15) is 5.11 Å². The first-order chi connectivity index (χ1) is 9.69. The number of aromatic hydroxyl groups is 1. The Kier molecular flexibility index (Phi) is 3.49. The van der Waals surface area contributed by atoms with E-state index in [-0.39, 0.29) is 5.75 Å². The van der Waals surface area contributed by atoms with Crippen LogP contribution in [-0.4, -0.2) is 36.4 Å². The van der Waals surface area contributed by atoms with Crippen LogP contribution in [-0.2, 0) is 4.74 Å². The number of anilines is 1. The maximum absolute atomic E-state index is 9.64. The van der Waals surface area contributed by atoms with Gasteiger partial charge < -0.3 is 14.7 Å². The molecule has 1 saturated heterocycles. The van der Waals surface area contributed by atoms with Crippen molar-refractivity contribution in [2.75, 3.05) is 25.2 Å². The van der Waals surface area contributed by atoms with Gasteiger partial charge in [-0.05, 0) is 38.0 Å². The average molecular weight is 272 g/mol. The smallest absolute Gasteiger partial charge is 0.117 e. The molecule has 106 valence electrons. The number of rotatable bonds is 3. The van der Waals surface area contributed by atoms with Crippen LogP contribution in [0.15, 0.2) is 24.3 Å². The van der Waals surface area contributed by atoms with Gasteiger partial charge >= 0.3 is 0 Å². The Balaban J connectivity index is 2.10. The molecule has 3 rings (SSSR count). The lowest BCUT2D eigenvalue weighted by atomic mass is 10.1. The molecule has 1 aliphatic heterocycles. The summed E-state index contributed by atoms with van der Waals surface area (Å²) in [5, 5.41) is 10.7. The summed E-state index contributed by atoms with van der Waals surface area (Å²) in [5.41, 5.74) is 3.02. The molecule has 0 aliphatic carbocycles. The van der Waals surface area contributed by atoms with Crippen LogP contribution in [0.2, 0.25) is 0 Å². The molecule has 0 saturated carbocycles. The number of fused-ring (bicyclic) bond motifs is 1. The molecular formula is C16H20N2O2. The third kappa shape index (κ3) is 2.31. The third-order valence-corrected chi connectivity index (χ3v) is 3.95. The molecule has 2 heterocycles. The molecule has 2 aromatic rings. The summed E-state index contributed by atoms with van der Waals surface area (Å²) in [6, 6.07) is 7.97. The molecule has 1 atom stereocenters. The van der Waals surface area contributed by atoms with Crippen molar-refractivity contribution in [2.45, 2.75) is 25.8 Å². The van der Waals surface area contributed by atoms with Crippen LogP contribution in [0.5, 0.6) is 5.75 Å². The van der Waals surface area contributed by atoms with E-state index in [4.69, 9.17) is 4.74 Å². The van der Waals surface area contributed by atoms with E-state index < -0.39 is 0 Å². The first-order valence-corrected chi connectivity index (χ1v) is 7.05. The summed E-state index contributed by atoms with van der Waals surface area (Å²) in [7, 11) is 1.75. The lowest BCUT2D eigenvalue weighted by Gasteiger charge is -2.27.